The molecular weight excluding hydrogens is 370 g/mol. The van der Waals surface area contributed by atoms with Crippen molar-refractivity contribution in [1.82, 2.24) is 0 Å². The second-order valence-corrected chi connectivity index (χ2v) is 7.58. The van der Waals surface area contributed by atoms with Gasteiger partial charge in [0.2, 0.25) is 6.73 Å². The fourth-order valence-corrected chi connectivity index (χ4v) is 3.99. The maximum atomic E-state index is 12.1. The Bertz CT molecular complexity index is 1150. The molecule has 152 valence electrons. The Hall–Kier alpha value is -2.99. The van der Waals surface area contributed by atoms with Gasteiger partial charge in [-0.05, 0) is 44.5 Å². The number of rotatable bonds is 4. The van der Waals surface area contributed by atoms with Gasteiger partial charge in [0.1, 0.15) is 35.9 Å². The number of aryl methyl sites for hydroxylation is 2. The lowest BCUT2D eigenvalue weighted by Crippen LogP contribution is -3.10. The average Bonchev–Trinajstić information content (AvgIpc) is 2.73. The summed E-state index contributed by atoms with van der Waals surface area (Å²) in [6.07, 6.45) is 0. The summed E-state index contributed by atoms with van der Waals surface area (Å²) in [4.78, 5) is 13.4. The standard InChI is InChI=1S/C23H25NO5/c1-13-14(2)23(25)29-22-15(3)21-17(8-19(13)22)11-24(12-28-21)10-16-6-7-18(26-4)9-20(16)27-5/h6-9H,10-12H2,1-5H3/p+1. The number of fused-ring (bicyclic) bond motifs is 2. The summed E-state index contributed by atoms with van der Waals surface area (Å²) in [7, 11) is 3.32. The van der Waals surface area contributed by atoms with Gasteiger partial charge in [0.25, 0.3) is 0 Å². The molecule has 1 aromatic heterocycles. The zero-order valence-corrected chi connectivity index (χ0v) is 17.5. The van der Waals surface area contributed by atoms with E-state index in [1.54, 1.807) is 21.1 Å². The molecule has 2 heterocycles. The van der Waals surface area contributed by atoms with Crippen molar-refractivity contribution < 1.29 is 23.5 Å². The Balaban J connectivity index is 1.68. The van der Waals surface area contributed by atoms with Crippen molar-refractivity contribution in [2.45, 2.75) is 33.9 Å². The molecule has 6 nitrogen and oxygen atoms in total. The molecule has 0 saturated carbocycles. The number of nitrogens with one attached hydrogen (secondary N) is 1. The molecule has 0 spiro atoms. The predicted octanol–water partition coefficient (Wildman–Crippen LogP) is 2.67. The quantitative estimate of drug-likeness (QED) is 0.687. The number of quaternary nitrogens is 1. The number of benzene rings is 2. The first kappa shape index (κ1) is 19.3. The van der Waals surface area contributed by atoms with Gasteiger partial charge in [-0.25, -0.2) is 4.79 Å². The molecule has 0 aliphatic carbocycles. The summed E-state index contributed by atoms with van der Waals surface area (Å²) in [6.45, 7) is 7.85. The van der Waals surface area contributed by atoms with Crippen molar-refractivity contribution in [3.05, 3.63) is 62.5 Å². The summed E-state index contributed by atoms with van der Waals surface area (Å²) in [5, 5.41) is 0.977. The first-order valence-corrected chi connectivity index (χ1v) is 9.66. The maximum absolute atomic E-state index is 12.1. The molecule has 4 rings (SSSR count). The maximum Gasteiger partial charge on any atom is 0.339 e. The molecule has 29 heavy (non-hydrogen) atoms. The normalized spacial score (nSPS) is 15.7. The highest BCUT2D eigenvalue weighted by Gasteiger charge is 2.26. The SMILES string of the molecule is COc1ccc(C[NH+]2COc3c(cc4c(C)c(C)c(=O)oc4c3C)C2)c(OC)c1. The minimum absolute atomic E-state index is 0.285. The van der Waals surface area contributed by atoms with E-state index in [-0.39, 0.29) is 5.63 Å². The molecule has 1 atom stereocenters. The van der Waals surface area contributed by atoms with E-state index in [4.69, 9.17) is 18.6 Å². The molecule has 6 heteroatoms. The van der Waals surface area contributed by atoms with Crippen LogP contribution in [0.15, 0.2) is 33.5 Å². The summed E-state index contributed by atoms with van der Waals surface area (Å²) < 4.78 is 22.5. The van der Waals surface area contributed by atoms with Gasteiger partial charge in [0.15, 0.2) is 0 Å². The molecule has 1 aliphatic heterocycles. The third-order valence-corrected chi connectivity index (χ3v) is 5.80. The number of hydrogen-bond acceptors (Lipinski definition) is 5. The fourth-order valence-electron chi connectivity index (χ4n) is 3.99. The van der Waals surface area contributed by atoms with Crippen LogP contribution in [-0.2, 0) is 13.1 Å². The van der Waals surface area contributed by atoms with E-state index in [1.807, 2.05) is 32.0 Å². The van der Waals surface area contributed by atoms with Crippen LogP contribution in [0.4, 0.5) is 0 Å². The van der Waals surface area contributed by atoms with Gasteiger partial charge in [0.05, 0.1) is 14.2 Å². The Morgan fingerprint density at radius 3 is 2.55 bits per heavy atom. The monoisotopic (exact) mass is 396 g/mol. The van der Waals surface area contributed by atoms with Crippen molar-refractivity contribution in [3.8, 4) is 17.2 Å². The Kier molecular flexibility index (Phi) is 4.96. The van der Waals surface area contributed by atoms with Crippen molar-refractivity contribution >= 4 is 11.0 Å². The molecule has 2 aromatic carbocycles. The zero-order valence-electron chi connectivity index (χ0n) is 17.5. The minimum atomic E-state index is -0.285. The lowest BCUT2D eigenvalue weighted by molar-refractivity contribution is -0.945. The van der Waals surface area contributed by atoms with Crippen molar-refractivity contribution in [1.29, 1.82) is 0 Å². The van der Waals surface area contributed by atoms with E-state index in [9.17, 15) is 4.79 Å². The van der Waals surface area contributed by atoms with Gasteiger partial charge in [-0.3, -0.25) is 4.90 Å². The summed E-state index contributed by atoms with van der Waals surface area (Å²) >= 11 is 0. The molecule has 1 unspecified atom stereocenters. The highest BCUT2D eigenvalue weighted by Crippen LogP contribution is 2.34. The van der Waals surface area contributed by atoms with Crippen molar-refractivity contribution in [3.63, 3.8) is 0 Å². The summed E-state index contributed by atoms with van der Waals surface area (Å²) in [6, 6.07) is 7.99. The van der Waals surface area contributed by atoms with Gasteiger partial charge < -0.3 is 18.6 Å². The van der Waals surface area contributed by atoms with E-state index < -0.39 is 0 Å². The first-order valence-electron chi connectivity index (χ1n) is 9.66. The molecule has 0 amide bonds. The van der Waals surface area contributed by atoms with Gasteiger partial charge in [0, 0.05) is 33.7 Å². The fraction of sp³-hybridized carbons (Fsp3) is 0.348. The predicted molar refractivity (Wildman–Crippen MR) is 110 cm³/mol. The van der Waals surface area contributed by atoms with Crippen molar-refractivity contribution in [2.24, 2.45) is 0 Å². The second-order valence-electron chi connectivity index (χ2n) is 7.58. The van der Waals surface area contributed by atoms with Crippen LogP contribution in [0.1, 0.15) is 27.8 Å². The van der Waals surface area contributed by atoms with E-state index in [2.05, 4.69) is 6.07 Å². The number of ether oxygens (including phenoxy) is 3. The Morgan fingerprint density at radius 2 is 1.83 bits per heavy atom. The van der Waals surface area contributed by atoms with Gasteiger partial charge in [-0.15, -0.1) is 0 Å². The van der Waals surface area contributed by atoms with Crippen LogP contribution in [0, 0.1) is 20.8 Å². The van der Waals surface area contributed by atoms with Crippen LogP contribution in [0.5, 0.6) is 17.2 Å². The summed E-state index contributed by atoms with van der Waals surface area (Å²) in [5.41, 5.74) is 5.07. The average molecular weight is 396 g/mol. The molecule has 1 N–H and O–H groups in total. The molecule has 0 bridgehead atoms. The van der Waals surface area contributed by atoms with Crippen LogP contribution >= 0.6 is 0 Å². The molecule has 3 aromatic rings. The Morgan fingerprint density at radius 1 is 1.03 bits per heavy atom. The van der Waals surface area contributed by atoms with Gasteiger partial charge >= 0.3 is 5.63 Å². The molecule has 0 radical (unpaired) electrons. The van der Waals surface area contributed by atoms with Crippen LogP contribution < -0.4 is 24.7 Å². The minimum Gasteiger partial charge on any atom is -0.497 e. The van der Waals surface area contributed by atoms with Gasteiger partial charge in [-0.1, -0.05) is 0 Å². The second kappa shape index (κ2) is 7.44. The topological polar surface area (TPSA) is 62.3 Å². The largest absolute Gasteiger partial charge is 0.497 e. The van der Waals surface area contributed by atoms with E-state index >= 15 is 0 Å². The summed E-state index contributed by atoms with van der Waals surface area (Å²) in [5.74, 6) is 2.41. The van der Waals surface area contributed by atoms with Gasteiger partial charge in [-0.2, -0.15) is 0 Å². The smallest absolute Gasteiger partial charge is 0.339 e. The van der Waals surface area contributed by atoms with Crippen LogP contribution in [0.25, 0.3) is 11.0 Å². The third kappa shape index (κ3) is 3.34. The van der Waals surface area contributed by atoms with Crippen LogP contribution in [0.3, 0.4) is 0 Å². The van der Waals surface area contributed by atoms with E-state index in [1.165, 1.54) is 4.90 Å². The van der Waals surface area contributed by atoms with Crippen LogP contribution in [0.2, 0.25) is 0 Å². The molecule has 0 fully saturated rings. The zero-order chi connectivity index (χ0) is 20.7. The molecular formula is C23H26NO5+. The number of hydrogen-bond donors (Lipinski definition) is 1. The first-order chi connectivity index (χ1) is 13.9. The molecule has 0 saturated heterocycles. The van der Waals surface area contributed by atoms with E-state index in [0.29, 0.717) is 17.9 Å². The highest BCUT2D eigenvalue weighted by molar-refractivity contribution is 5.86. The lowest BCUT2D eigenvalue weighted by Gasteiger charge is -2.28. The molecule has 1 aliphatic rings. The number of methoxy groups -OCH3 is 2. The Labute approximate surface area is 169 Å². The highest BCUT2D eigenvalue weighted by atomic mass is 16.5. The van der Waals surface area contributed by atoms with Crippen LogP contribution in [-0.4, -0.2) is 21.0 Å². The third-order valence-electron chi connectivity index (χ3n) is 5.80. The van der Waals surface area contributed by atoms with E-state index in [0.717, 1.165) is 58.0 Å². The lowest BCUT2D eigenvalue weighted by atomic mass is 9.99. The van der Waals surface area contributed by atoms with Crippen molar-refractivity contribution in [2.75, 3.05) is 21.0 Å².